The second-order valence-corrected chi connectivity index (χ2v) is 15.8. The van der Waals surface area contributed by atoms with Gasteiger partial charge in [-0.2, -0.15) is 0 Å². The highest BCUT2D eigenvalue weighted by atomic mass is 32.2. The van der Waals surface area contributed by atoms with Crippen LogP contribution in [0.5, 0.6) is 0 Å². The van der Waals surface area contributed by atoms with Gasteiger partial charge in [0.25, 0.3) is 0 Å². The second kappa shape index (κ2) is 11.3. The smallest absolute Gasteiger partial charge is 0.0741 e. The first-order valence-corrected chi connectivity index (χ1v) is 19.6. The van der Waals surface area contributed by atoms with Crippen LogP contribution in [-0.2, 0) is 5.41 Å². The largest absolute Gasteiger partial charge is 0.0894 e. The standard InChI is InChI=1S/C53H32S/c1-3-17-37-33(13-1)15-11-21-39(37)35-27-29-43-45(31-35)41-19-5-6-20-42(41)51-44-30-28-36(40-22-12-16-34-14-2-4-18-38(34)40)32-48(44)53(52(43)51)46-23-7-9-25-49(46)54-50-26-10-8-24-47(50)53/h1-32H. The molecule has 0 radical (unpaired) electrons. The molecule has 2 aliphatic rings. The molecule has 0 aromatic heterocycles. The Balaban J connectivity index is 1.25. The Morgan fingerprint density at radius 2 is 0.833 bits per heavy atom. The molecule has 12 rings (SSSR count). The fraction of sp³-hybridized carbons (Fsp3) is 0.0189. The van der Waals surface area contributed by atoms with Crippen LogP contribution in [0.15, 0.2) is 204 Å². The fourth-order valence-corrected chi connectivity index (χ4v) is 11.1. The van der Waals surface area contributed by atoms with Crippen molar-refractivity contribution in [3.63, 3.8) is 0 Å². The number of hydrogen-bond acceptors (Lipinski definition) is 1. The van der Waals surface area contributed by atoms with Crippen molar-refractivity contribution in [2.24, 2.45) is 0 Å². The zero-order chi connectivity index (χ0) is 35.4. The van der Waals surface area contributed by atoms with Crippen molar-refractivity contribution in [3.05, 3.63) is 216 Å². The van der Waals surface area contributed by atoms with Crippen molar-refractivity contribution in [2.75, 3.05) is 0 Å². The Morgan fingerprint density at radius 1 is 0.315 bits per heavy atom. The minimum absolute atomic E-state index is 0.521. The first-order valence-electron chi connectivity index (χ1n) is 18.8. The SMILES string of the molecule is c1ccc2c(c1)Sc1ccccc1C21c2cc(-c3cccc4ccccc34)ccc2-c2c1c1ccc(-c3cccc4ccccc34)cc1c1ccccc21. The van der Waals surface area contributed by atoms with E-state index in [4.69, 9.17) is 0 Å². The van der Waals surface area contributed by atoms with Crippen molar-refractivity contribution < 1.29 is 0 Å². The van der Waals surface area contributed by atoms with Gasteiger partial charge in [0.1, 0.15) is 0 Å². The third-order valence-corrected chi connectivity index (χ3v) is 13.2. The maximum Gasteiger partial charge on any atom is 0.0741 e. The first-order chi connectivity index (χ1) is 26.8. The Labute approximate surface area is 318 Å². The van der Waals surface area contributed by atoms with E-state index in [0.717, 1.165) is 0 Å². The maximum absolute atomic E-state index is 2.53. The number of benzene rings is 10. The van der Waals surface area contributed by atoms with E-state index in [1.165, 1.54) is 109 Å². The van der Waals surface area contributed by atoms with E-state index in [1.54, 1.807) is 0 Å². The van der Waals surface area contributed by atoms with Crippen LogP contribution >= 0.6 is 11.8 Å². The molecule has 1 aliphatic carbocycles. The van der Waals surface area contributed by atoms with Gasteiger partial charge in [-0.05, 0) is 123 Å². The van der Waals surface area contributed by atoms with Crippen molar-refractivity contribution in [2.45, 2.75) is 15.2 Å². The molecule has 1 spiro atoms. The van der Waals surface area contributed by atoms with Gasteiger partial charge >= 0.3 is 0 Å². The summed E-state index contributed by atoms with van der Waals surface area (Å²) in [5, 5.41) is 10.3. The highest BCUT2D eigenvalue weighted by Gasteiger charge is 2.51. The quantitative estimate of drug-likeness (QED) is 0.162. The van der Waals surface area contributed by atoms with Crippen LogP contribution in [0.4, 0.5) is 0 Å². The lowest BCUT2D eigenvalue weighted by Crippen LogP contribution is -2.32. The molecule has 0 nitrogen and oxygen atoms in total. The summed E-state index contributed by atoms with van der Waals surface area (Å²) in [4.78, 5) is 2.64. The monoisotopic (exact) mass is 700 g/mol. The maximum atomic E-state index is 2.53. The summed E-state index contributed by atoms with van der Waals surface area (Å²) in [6, 6.07) is 72.9. The molecule has 10 aromatic carbocycles. The lowest BCUT2D eigenvalue weighted by atomic mass is 9.65. The van der Waals surface area contributed by atoms with E-state index in [2.05, 4.69) is 194 Å². The Kier molecular flexibility index (Phi) is 6.29. The molecule has 1 heterocycles. The highest BCUT2D eigenvalue weighted by molar-refractivity contribution is 7.99. The fourth-order valence-electron chi connectivity index (χ4n) is 9.91. The van der Waals surface area contributed by atoms with E-state index in [9.17, 15) is 0 Å². The molecular formula is C53H32S. The van der Waals surface area contributed by atoms with E-state index < -0.39 is 5.41 Å². The molecule has 0 atom stereocenters. The van der Waals surface area contributed by atoms with Gasteiger partial charge in [-0.15, -0.1) is 0 Å². The molecule has 0 amide bonds. The molecule has 1 aliphatic heterocycles. The van der Waals surface area contributed by atoms with E-state index in [-0.39, 0.29) is 0 Å². The summed E-state index contributed by atoms with van der Waals surface area (Å²) in [6.07, 6.45) is 0. The van der Waals surface area contributed by atoms with Crippen LogP contribution in [0.1, 0.15) is 22.3 Å². The van der Waals surface area contributed by atoms with Gasteiger partial charge in [-0.3, -0.25) is 0 Å². The molecule has 0 fully saturated rings. The molecule has 0 saturated carbocycles. The molecule has 10 aromatic rings. The Morgan fingerprint density at radius 3 is 1.50 bits per heavy atom. The van der Waals surface area contributed by atoms with Gasteiger partial charge in [0, 0.05) is 9.79 Å². The highest BCUT2D eigenvalue weighted by Crippen LogP contribution is 2.65. The van der Waals surface area contributed by atoms with Gasteiger partial charge < -0.3 is 0 Å². The Bertz CT molecular complexity index is 3150. The minimum atomic E-state index is -0.521. The number of hydrogen-bond donors (Lipinski definition) is 0. The van der Waals surface area contributed by atoms with Crippen LogP contribution < -0.4 is 0 Å². The van der Waals surface area contributed by atoms with Crippen LogP contribution in [0.25, 0.3) is 76.5 Å². The molecule has 1 heteroatoms. The van der Waals surface area contributed by atoms with E-state index in [1.807, 2.05) is 11.8 Å². The van der Waals surface area contributed by atoms with Crippen molar-refractivity contribution in [1.82, 2.24) is 0 Å². The van der Waals surface area contributed by atoms with Crippen molar-refractivity contribution >= 4 is 54.9 Å². The van der Waals surface area contributed by atoms with E-state index in [0.29, 0.717) is 0 Å². The normalized spacial score (nSPS) is 13.6. The second-order valence-electron chi connectivity index (χ2n) is 14.7. The summed E-state index contributed by atoms with van der Waals surface area (Å²) in [7, 11) is 0. The van der Waals surface area contributed by atoms with E-state index >= 15 is 0 Å². The predicted molar refractivity (Wildman–Crippen MR) is 229 cm³/mol. The van der Waals surface area contributed by atoms with Gasteiger partial charge in [0.05, 0.1) is 5.41 Å². The average molecular weight is 701 g/mol. The zero-order valence-corrected chi connectivity index (χ0v) is 30.2. The van der Waals surface area contributed by atoms with Crippen LogP contribution in [0.3, 0.4) is 0 Å². The summed E-state index contributed by atoms with van der Waals surface area (Å²) >= 11 is 1.90. The summed E-state index contributed by atoms with van der Waals surface area (Å²) in [6.45, 7) is 0. The van der Waals surface area contributed by atoms with Gasteiger partial charge in [0.15, 0.2) is 0 Å². The van der Waals surface area contributed by atoms with Gasteiger partial charge in [0.2, 0.25) is 0 Å². The first kappa shape index (κ1) is 30.1. The summed E-state index contributed by atoms with van der Waals surface area (Å²) < 4.78 is 0. The zero-order valence-electron chi connectivity index (χ0n) is 29.4. The average Bonchev–Trinajstić information content (AvgIpc) is 3.54. The third-order valence-electron chi connectivity index (χ3n) is 12.1. The molecule has 0 unspecified atom stereocenters. The van der Waals surface area contributed by atoms with Gasteiger partial charge in [-0.25, -0.2) is 0 Å². The minimum Gasteiger partial charge on any atom is -0.0894 e. The lowest BCUT2D eigenvalue weighted by Gasteiger charge is -2.40. The molecular weight excluding hydrogens is 669 g/mol. The molecule has 54 heavy (non-hydrogen) atoms. The van der Waals surface area contributed by atoms with Crippen LogP contribution in [0, 0.1) is 0 Å². The van der Waals surface area contributed by atoms with Gasteiger partial charge in [-0.1, -0.05) is 182 Å². The molecule has 0 N–H and O–H groups in total. The summed E-state index contributed by atoms with van der Waals surface area (Å²) in [5.41, 5.74) is 12.7. The Hall–Kier alpha value is -6.41. The third kappa shape index (κ3) is 4.00. The molecule has 0 bridgehead atoms. The van der Waals surface area contributed by atoms with Crippen molar-refractivity contribution in [1.29, 1.82) is 0 Å². The predicted octanol–water partition coefficient (Wildman–Crippen LogP) is 14.5. The van der Waals surface area contributed by atoms with Crippen molar-refractivity contribution in [3.8, 4) is 33.4 Å². The number of rotatable bonds is 2. The molecule has 250 valence electrons. The molecule has 0 saturated heterocycles. The van der Waals surface area contributed by atoms with Crippen LogP contribution in [-0.4, -0.2) is 0 Å². The number of fused-ring (bicyclic) bond motifs is 16. The van der Waals surface area contributed by atoms with Crippen LogP contribution in [0.2, 0.25) is 0 Å². The topological polar surface area (TPSA) is 0 Å². The summed E-state index contributed by atoms with van der Waals surface area (Å²) in [5.74, 6) is 0. The lowest BCUT2D eigenvalue weighted by molar-refractivity contribution is 0.729.